The number of hydrogen-bond acceptors (Lipinski definition) is 4. The summed E-state index contributed by atoms with van der Waals surface area (Å²) in [5.74, 6) is -0.293. The maximum atomic E-state index is 13.5. The zero-order valence-electron chi connectivity index (χ0n) is 16.0. The van der Waals surface area contributed by atoms with Gasteiger partial charge in [-0.2, -0.15) is 5.10 Å². The number of fused-ring (bicyclic) bond motifs is 1. The molecule has 1 aliphatic rings. The molecule has 4 rings (SSSR count). The average molecular weight is 393 g/mol. The second-order valence-electron chi connectivity index (χ2n) is 6.89. The molecule has 2 aromatic carbocycles. The molecule has 0 fully saturated rings. The number of benzene rings is 2. The molecule has 0 bridgehead atoms. The fraction of sp³-hybridized carbons (Fsp3) is 0.227. The van der Waals surface area contributed by atoms with Gasteiger partial charge in [-0.15, -0.1) is 0 Å². The molecule has 0 saturated carbocycles. The van der Waals surface area contributed by atoms with Crippen molar-refractivity contribution in [2.75, 3.05) is 13.7 Å². The summed E-state index contributed by atoms with van der Waals surface area (Å²) < 4.78 is 19.8. The fourth-order valence-corrected chi connectivity index (χ4v) is 3.52. The van der Waals surface area contributed by atoms with E-state index >= 15 is 0 Å². The van der Waals surface area contributed by atoms with Gasteiger partial charge in [0, 0.05) is 30.8 Å². The highest BCUT2D eigenvalue weighted by atomic mass is 19.1. The van der Waals surface area contributed by atoms with Crippen LogP contribution in [0.1, 0.15) is 11.1 Å². The molecule has 2 heterocycles. The van der Waals surface area contributed by atoms with Gasteiger partial charge in [-0.25, -0.2) is 9.07 Å². The number of ether oxygens (including phenoxy) is 1. The van der Waals surface area contributed by atoms with E-state index in [1.165, 1.54) is 43.0 Å². The van der Waals surface area contributed by atoms with Crippen LogP contribution in [0.25, 0.3) is 11.3 Å². The first-order valence-corrected chi connectivity index (χ1v) is 9.32. The molecule has 1 aromatic heterocycles. The van der Waals surface area contributed by atoms with Crippen molar-refractivity contribution in [2.24, 2.45) is 0 Å². The van der Waals surface area contributed by atoms with Gasteiger partial charge >= 0.3 is 0 Å². The number of carbonyl (C=O) groups excluding carboxylic acids is 1. The Hall–Kier alpha value is -3.48. The summed E-state index contributed by atoms with van der Waals surface area (Å²) in [5, 5.41) is 4.31. The predicted octanol–water partition coefficient (Wildman–Crippen LogP) is 2.64. The molecule has 0 N–H and O–H groups in total. The first-order chi connectivity index (χ1) is 14.0. The summed E-state index contributed by atoms with van der Waals surface area (Å²) in [6.07, 6.45) is 0.789. The lowest BCUT2D eigenvalue weighted by Crippen LogP contribution is -2.40. The number of amides is 1. The monoisotopic (exact) mass is 393 g/mol. The molecule has 29 heavy (non-hydrogen) atoms. The molecule has 1 aliphatic heterocycles. The number of rotatable bonds is 4. The van der Waals surface area contributed by atoms with Crippen LogP contribution >= 0.6 is 0 Å². The SMILES string of the molecule is COc1cc(F)ccc1-c1ccc(=O)n(CC(=O)N2CCc3ccccc3C2)n1. The molecule has 0 spiro atoms. The number of nitrogens with zero attached hydrogens (tertiary/aromatic N) is 3. The molecule has 0 atom stereocenters. The van der Waals surface area contributed by atoms with Crippen LogP contribution in [-0.2, 0) is 24.3 Å². The van der Waals surface area contributed by atoms with Crippen molar-refractivity contribution in [3.63, 3.8) is 0 Å². The van der Waals surface area contributed by atoms with E-state index in [1.54, 1.807) is 4.90 Å². The van der Waals surface area contributed by atoms with Crippen molar-refractivity contribution in [1.29, 1.82) is 0 Å². The Bertz CT molecular complexity index is 1130. The molecule has 3 aromatic rings. The third-order valence-corrected chi connectivity index (χ3v) is 5.07. The quantitative estimate of drug-likeness (QED) is 0.684. The Morgan fingerprint density at radius 2 is 1.93 bits per heavy atom. The van der Waals surface area contributed by atoms with E-state index < -0.39 is 5.82 Å². The van der Waals surface area contributed by atoms with Crippen LogP contribution in [0.2, 0.25) is 0 Å². The van der Waals surface area contributed by atoms with Crippen LogP contribution in [0, 0.1) is 5.82 Å². The van der Waals surface area contributed by atoms with E-state index in [9.17, 15) is 14.0 Å². The fourth-order valence-electron chi connectivity index (χ4n) is 3.52. The Balaban J connectivity index is 1.58. The van der Waals surface area contributed by atoms with Crippen LogP contribution in [0.5, 0.6) is 5.75 Å². The van der Waals surface area contributed by atoms with E-state index in [4.69, 9.17) is 4.74 Å². The molecular formula is C22H20FN3O3. The highest BCUT2D eigenvalue weighted by Crippen LogP contribution is 2.28. The largest absolute Gasteiger partial charge is 0.496 e. The van der Waals surface area contributed by atoms with Gasteiger partial charge in [0.05, 0.1) is 12.8 Å². The minimum absolute atomic E-state index is 0.154. The third kappa shape index (κ3) is 3.89. The van der Waals surface area contributed by atoms with Crippen molar-refractivity contribution >= 4 is 5.91 Å². The van der Waals surface area contributed by atoms with E-state index in [1.807, 2.05) is 18.2 Å². The Labute approximate surface area is 167 Å². The lowest BCUT2D eigenvalue weighted by Gasteiger charge is -2.29. The Morgan fingerprint density at radius 3 is 2.72 bits per heavy atom. The molecule has 7 heteroatoms. The van der Waals surface area contributed by atoms with Gasteiger partial charge in [0.2, 0.25) is 5.91 Å². The Kier molecular flexibility index (Phi) is 5.12. The lowest BCUT2D eigenvalue weighted by molar-refractivity contribution is -0.133. The molecule has 1 amide bonds. The van der Waals surface area contributed by atoms with E-state index in [2.05, 4.69) is 11.2 Å². The van der Waals surface area contributed by atoms with Gasteiger partial charge in [-0.1, -0.05) is 24.3 Å². The number of carbonyl (C=O) groups is 1. The zero-order chi connectivity index (χ0) is 20.4. The first kappa shape index (κ1) is 18.9. The molecule has 0 radical (unpaired) electrons. The van der Waals surface area contributed by atoms with E-state index in [-0.39, 0.29) is 18.0 Å². The predicted molar refractivity (Wildman–Crippen MR) is 106 cm³/mol. The standard InChI is InChI=1S/C22H20FN3O3/c1-29-20-12-17(23)6-7-18(20)19-8-9-21(27)26(24-19)14-22(28)25-11-10-15-4-2-3-5-16(15)13-25/h2-9,12H,10-11,13-14H2,1H3. The first-order valence-electron chi connectivity index (χ1n) is 9.32. The van der Waals surface area contributed by atoms with Crippen LogP contribution in [-0.4, -0.2) is 34.2 Å². The second-order valence-corrected chi connectivity index (χ2v) is 6.89. The van der Waals surface area contributed by atoms with Crippen molar-refractivity contribution in [3.8, 4) is 17.0 Å². The van der Waals surface area contributed by atoms with Crippen molar-refractivity contribution in [2.45, 2.75) is 19.5 Å². The minimum atomic E-state index is -0.431. The number of aromatic nitrogens is 2. The van der Waals surface area contributed by atoms with Gasteiger partial charge in [0.1, 0.15) is 18.1 Å². The lowest BCUT2D eigenvalue weighted by atomic mass is 10.00. The van der Waals surface area contributed by atoms with Crippen molar-refractivity contribution in [3.05, 3.63) is 81.9 Å². The summed E-state index contributed by atoms with van der Waals surface area (Å²) >= 11 is 0. The summed E-state index contributed by atoms with van der Waals surface area (Å²) in [6, 6.07) is 15.0. The summed E-state index contributed by atoms with van der Waals surface area (Å²) in [7, 11) is 1.44. The number of hydrogen-bond donors (Lipinski definition) is 0. The van der Waals surface area contributed by atoms with Crippen LogP contribution in [0.4, 0.5) is 4.39 Å². The van der Waals surface area contributed by atoms with Gasteiger partial charge in [0.25, 0.3) is 5.56 Å². The topological polar surface area (TPSA) is 64.4 Å². The highest BCUT2D eigenvalue weighted by molar-refractivity contribution is 5.76. The molecule has 0 unspecified atom stereocenters. The van der Waals surface area contributed by atoms with Crippen LogP contribution < -0.4 is 10.3 Å². The molecule has 148 valence electrons. The Morgan fingerprint density at radius 1 is 1.14 bits per heavy atom. The van der Waals surface area contributed by atoms with Crippen LogP contribution in [0.3, 0.4) is 0 Å². The highest BCUT2D eigenvalue weighted by Gasteiger charge is 2.21. The molecule has 0 saturated heterocycles. The minimum Gasteiger partial charge on any atom is -0.496 e. The van der Waals surface area contributed by atoms with Crippen molar-refractivity contribution in [1.82, 2.24) is 14.7 Å². The molecule has 0 aliphatic carbocycles. The normalized spacial score (nSPS) is 13.1. The smallest absolute Gasteiger partial charge is 0.267 e. The van der Waals surface area contributed by atoms with Crippen molar-refractivity contribution < 1.29 is 13.9 Å². The second kappa shape index (κ2) is 7.87. The van der Waals surface area contributed by atoms with Gasteiger partial charge in [-0.3, -0.25) is 9.59 Å². The summed E-state index contributed by atoms with van der Waals surface area (Å²) in [5.41, 5.74) is 2.97. The third-order valence-electron chi connectivity index (χ3n) is 5.07. The summed E-state index contributed by atoms with van der Waals surface area (Å²) in [4.78, 5) is 26.8. The average Bonchev–Trinajstić information content (AvgIpc) is 2.75. The van der Waals surface area contributed by atoms with E-state index in [0.717, 1.165) is 16.7 Å². The zero-order valence-corrected chi connectivity index (χ0v) is 16.0. The maximum Gasteiger partial charge on any atom is 0.267 e. The molecule has 6 nitrogen and oxygen atoms in total. The van der Waals surface area contributed by atoms with Gasteiger partial charge in [0.15, 0.2) is 0 Å². The molecular weight excluding hydrogens is 373 g/mol. The number of methoxy groups -OCH3 is 1. The number of halogens is 1. The summed E-state index contributed by atoms with van der Waals surface area (Å²) in [6.45, 7) is 0.976. The van der Waals surface area contributed by atoms with Gasteiger partial charge < -0.3 is 9.64 Å². The van der Waals surface area contributed by atoms with Crippen LogP contribution in [0.15, 0.2) is 59.4 Å². The van der Waals surface area contributed by atoms with E-state index in [0.29, 0.717) is 30.1 Å². The van der Waals surface area contributed by atoms with Gasteiger partial charge in [-0.05, 0) is 35.7 Å². The maximum absolute atomic E-state index is 13.5.